The Morgan fingerprint density at radius 1 is 1.35 bits per heavy atom. The largest absolute Gasteiger partial charge is 0.496 e. The Labute approximate surface area is 140 Å². The Bertz CT molecular complexity index is 707. The summed E-state index contributed by atoms with van der Waals surface area (Å²) < 4.78 is 5.41. The van der Waals surface area contributed by atoms with Gasteiger partial charge in [-0.2, -0.15) is 0 Å². The molecular formula is C17H21N3O2S. The summed E-state index contributed by atoms with van der Waals surface area (Å²) in [6, 6.07) is 7.72. The standard InChI is InChI=1S/C17H21N3O2S/c1-11(2)10-14-19-20-16(23-14)18-15(21)17(8-9-17)12-6-4-5-7-13(12)22-3/h4-7,11H,8-10H2,1-3H3,(H,18,20,21). The molecule has 1 amide bonds. The molecule has 0 aliphatic heterocycles. The number of carbonyl (C=O) groups excluding carboxylic acids is 1. The number of nitrogens with zero attached hydrogens (tertiary/aromatic N) is 2. The van der Waals surface area contributed by atoms with Crippen LogP contribution in [0.15, 0.2) is 24.3 Å². The lowest BCUT2D eigenvalue weighted by atomic mass is 9.94. The lowest BCUT2D eigenvalue weighted by molar-refractivity contribution is -0.118. The topological polar surface area (TPSA) is 64.1 Å². The minimum atomic E-state index is -0.490. The highest BCUT2D eigenvalue weighted by Crippen LogP contribution is 2.52. The van der Waals surface area contributed by atoms with Gasteiger partial charge >= 0.3 is 0 Å². The predicted molar refractivity (Wildman–Crippen MR) is 91.0 cm³/mol. The van der Waals surface area contributed by atoms with Crippen molar-refractivity contribution in [2.75, 3.05) is 12.4 Å². The lowest BCUT2D eigenvalue weighted by Crippen LogP contribution is -2.28. The van der Waals surface area contributed by atoms with Crippen molar-refractivity contribution in [3.63, 3.8) is 0 Å². The number of hydrogen-bond acceptors (Lipinski definition) is 5. The molecule has 1 N–H and O–H groups in total. The van der Waals surface area contributed by atoms with Gasteiger partial charge in [-0.05, 0) is 24.8 Å². The zero-order valence-electron chi connectivity index (χ0n) is 13.6. The van der Waals surface area contributed by atoms with Crippen LogP contribution in [0.1, 0.15) is 37.3 Å². The fraction of sp³-hybridized carbons (Fsp3) is 0.471. The summed E-state index contributed by atoms with van der Waals surface area (Å²) >= 11 is 1.45. The van der Waals surface area contributed by atoms with Crippen molar-refractivity contribution >= 4 is 22.4 Å². The average Bonchev–Trinajstić information content (AvgIpc) is 3.24. The summed E-state index contributed by atoms with van der Waals surface area (Å²) in [6.45, 7) is 4.28. The molecule has 0 saturated heterocycles. The Morgan fingerprint density at radius 3 is 2.74 bits per heavy atom. The molecule has 0 atom stereocenters. The molecule has 0 spiro atoms. The van der Waals surface area contributed by atoms with Gasteiger partial charge in [0, 0.05) is 12.0 Å². The normalized spacial score (nSPS) is 15.5. The first kappa shape index (κ1) is 15.9. The molecule has 1 aromatic heterocycles. The first-order valence-corrected chi connectivity index (χ1v) is 8.64. The van der Waals surface area contributed by atoms with Crippen molar-refractivity contribution in [3.8, 4) is 5.75 Å². The van der Waals surface area contributed by atoms with Crippen LogP contribution in [0.5, 0.6) is 5.75 Å². The van der Waals surface area contributed by atoms with Crippen LogP contribution in [0, 0.1) is 5.92 Å². The van der Waals surface area contributed by atoms with E-state index < -0.39 is 5.41 Å². The summed E-state index contributed by atoms with van der Waals surface area (Å²) in [7, 11) is 1.63. The monoisotopic (exact) mass is 331 g/mol. The van der Waals surface area contributed by atoms with Gasteiger partial charge in [-0.3, -0.25) is 10.1 Å². The number of amides is 1. The third kappa shape index (κ3) is 3.22. The average molecular weight is 331 g/mol. The number of carbonyl (C=O) groups is 1. The number of para-hydroxylation sites is 1. The zero-order chi connectivity index (χ0) is 16.4. The van der Waals surface area contributed by atoms with Gasteiger partial charge in [-0.1, -0.05) is 43.4 Å². The van der Waals surface area contributed by atoms with Crippen LogP contribution in [-0.4, -0.2) is 23.2 Å². The van der Waals surface area contributed by atoms with Gasteiger partial charge < -0.3 is 4.74 Å². The van der Waals surface area contributed by atoms with Crippen molar-refractivity contribution in [2.24, 2.45) is 5.92 Å². The highest BCUT2D eigenvalue weighted by molar-refractivity contribution is 7.15. The maximum atomic E-state index is 12.8. The molecule has 1 aromatic carbocycles. The van der Waals surface area contributed by atoms with Crippen molar-refractivity contribution < 1.29 is 9.53 Å². The molecule has 23 heavy (non-hydrogen) atoms. The second-order valence-electron chi connectivity index (χ2n) is 6.34. The summed E-state index contributed by atoms with van der Waals surface area (Å²) in [5.74, 6) is 1.27. The molecule has 5 nitrogen and oxygen atoms in total. The Balaban J connectivity index is 1.76. The minimum absolute atomic E-state index is 0.0192. The number of hydrogen-bond donors (Lipinski definition) is 1. The van der Waals surface area contributed by atoms with E-state index in [0.29, 0.717) is 11.0 Å². The van der Waals surface area contributed by atoms with Gasteiger partial charge in [0.15, 0.2) is 0 Å². The molecule has 0 unspecified atom stereocenters. The zero-order valence-corrected chi connectivity index (χ0v) is 14.4. The molecule has 6 heteroatoms. The highest BCUT2D eigenvalue weighted by Gasteiger charge is 2.53. The Morgan fingerprint density at radius 2 is 2.09 bits per heavy atom. The van der Waals surface area contributed by atoms with Gasteiger partial charge in [0.05, 0.1) is 12.5 Å². The fourth-order valence-electron chi connectivity index (χ4n) is 2.74. The van der Waals surface area contributed by atoms with Gasteiger partial charge in [0.2, 0.25) is 11.0 Å². The summed E-state index contributed by atoms with van der Waals surface area (Å²) in [4.78, 5) is 12.8. The van der Waals surface area contributed by atoms with Gasteiger partial charge in [-0.15, -0.1) is 10.2 Å². The predicted octanol–water partition coefficient (Wildman–Crippen LogP) is 3.42. The van der Waals surface area contributed by atoms with E-state index in [4.69, 9.17) is 4.74 Å². The van der Waals surface area contributed by atoms with E-state index in [9.17, 15) is 4.79 Å². The smallest absolute Gasteiger partial charge is 0.236 e. The third-order valence-electron chi connectivity index (χ3n) is 4.08. The molecule has 0 bridgehead atoms. The lowest BCUT2D eigenvalue weighted by Gasteiger charge is -2.17. The fourth-order valence-corrected chi connectivity index (χ4v) is 3.68. The van der Waals surface area contributed by atoms with Crippen molar-refractivity contribution in [1.29, 1.82) is 0 Å². The Hall–Kier alpha value is -1.95. The number of anilines is 1. The molecule has 3 rings (SSSR count). The summed E-state index contributed by atoms with van der Waals surface area (Å²) in [5.41, 5.74) is 0.461. The van der Waals surface area contributed by atoms with E-state index in [0.717, 1.165) is 35.6 Å². The van der Waals surface area contributed by atoms with Crippen LogP contribution >= 0.6 is 11.3 Å². The molecule has 122 valence electrons. The summed E-state index contributed by atoms with van der Waals surface area (Å²) in [5, 5.41) is 12.7. The molecule has 1 heterocycles. The van der Waals surface area contributed by atoms with Crippen LogP contribution in [0.2, 0.25) is 0 Å². The van der Waals surface area contributed by atoms with E-state index in [1.165, 1.54) is 11.3 Å². The highest BCUT2D eigenvalue weighted by atomic mass is 32.1. The number of benzene rings is 1. The number of methoxy groups -OCH3 is 1. The Kier molecular flexibility index (Phi) is 4.35. The maximum absolute atomic E-state index is 12.8. The molecule has 1 aliphatic rings. The molecule has 2 aromatic rings. The molecule has 0 radical (unpaired) electrons. The van der Waals surface area contributed by atoms with Gasteiger partial charge in [-0.25, -0.2) is 0 Å². The number of aromatic nitrogens is 2. The van der Waals surface area contributed by atoms with Crippen molar-refractivity contribution in [3.05, 3.63) is 34.8 Å². The van der Waals surface area contributed by atoms with Crippen LogP contribution in [0.3, 0.4) is 0 Å². The first-order chi connectivity index (χ1) is 11.0. The molecular weight excluding hydrogens is 310 g/mol. The molecule has 1 fully saturated rings. The second-order valence-corrected chi connectivity index (χ2v) is 7.40. The first-order valence-electron chi connectivity index (χ1n) is 7.82. The van der Waals surface area contributed by atoms with Crippen LogP contribution in [-0.2, 0) is 16.6 Å². The van der Waals surface area contributed by atoms with Crippen LogP contribution < -0.4 is 10.1 Å². The van der Waals surface area contributed by atoms with Crippen molar-refractivity contribution in [1.82, 2.24) is 10.2 Å². The van der Waals surface area contributed by atoms with E-state index in [1.807, 2.05) is 24.3 Å². The van der Waals surface area contributed by atoms with E-state index in [1.54, 1.807) is 7.11 Å². The van der Waals surface area contributed by atoms with Crippen molar-refractivity contribution in [2.45, 2.75) is 38.5 Å². The SMILES string of the molecule is COc1ccccc1C1(C(=O)Nc2nnc(CC(C)C)s2)CC1. The molecule has 1 saturated carbocycles. The molecule has 1 aliphatic carbocycles. The number of rotatable bonds is 6. The second kappa shape index (κ2) is 6.28. The number of ether oxygens (including phenoxy) is 1. The maximum Gasteiger partial charge on any atom is 0.236 e. The third-order valence-corrected chi connectivity index (χ3v) is 4.94. The van der Waals surface area contributed by atoms with Gasteiger partial charge in [0.1, 0.15) is 10.8 Å². The summed E-state index contributed by atoms with van der Waals surface area (Å²) in [6.07, 6.45) is 2.54. The minimum Gasteiger partial charge on any atom is -0.496 e. The van der Waals surface area contributed by atoms with Gasteiger partial charge in [0.25, 0.3) is 0 Å². The quantitative estimate of drug-likeness (QED) is 0.881. The van der Waals surface area contributed by atoms with Crippen LogP contribution in [0.25, 0.3) is 0 Å². The van der Waals surface area contributed by atoms with E-state index >= 15 is 0 Å². The van der Waals surface area contributed by atoms with E-state index in [-0.39, 0.29) is 5.91 Å². The number of nitrogens with one attached hydrogen (secondary N) is 1. The van der Waals surface area contributed by atoms with Crippen LogP contribution in [0.4, 0.5) is 5.13 Å². The van der Waals surface area contributed by atoms with E-state index in [2.05, 4.69) is 29.4 Å².